The van der Waals surface area contributed by atoms with Crippen molar-refractivity contribution in [2.75, 3.05) is 0 Å². The Hall–Kier alpha value is -4.79. The maximum Gasteiger partial charge on any atom is 0.326 e. The molecular weight excluding hydrogens is 511 g/mol. The van der Waals surface area contributed by atoms with Gasteiger partial charge in [0.25, 0.3) is 5.91 Å². The van der Waals surface area contributed by atoms with E-state index in [0.717, 1.165) is 11.1 Å². The van der Waals surface area contributed by atoms with Crippen LogP contribution < -0.4 is 14.8 Å². The zero-order valence-electron chi connectivity index (χ0n) is 20.6. The molecule has 0 fully saturated rings. The van der Waals surface area contributed by atoms with Crippen LogP contribution in [0.25, 0.3) is 0 Å². The normalized spacial score (nSPS) is 11.5. The van der Waals surface area contributed by atoms with Crippen LogP contribution in [-0.2, 0) is 24.4 Å². The highest BCUT2D eigenvalue weighted by Crippen LogP contribution is 2.31. The molecule has 1 atom stereocenters. The predicted molar refractivity (Wildman–Crippen MR) is 137 cm³/mol. The van der Waals surface area contributed by atoms with Crippen LogP contribution in [0.4, 0.5) is 13.2 Å². The van der Waals surface area contributed by atoms with Crippen molar-refractivity contribution in [3.63, 3.8) is 0 Å². The summed E-state index contributed by atoms with van der Waals surface area (Å²) in [6, 6.07) is 22.8. The number of amides is 1. The van der Waals surface area contributed by atoms with Gasteiger partial charge in [-0.25, -0.2) is 18.0 Å². The highest BCUT2D eigenvalue weighted by atomic mass is 19.1. The van der Waals surface area contributed by atoms with Crippen LogP contribution in [0.2, 0.25) is 0 Å². The molecule has 1 amide bonds. The first-order chi connectivity index (χ1) is 18.8. The van der Waals surface area contributed by atoms with Gasteiger partial charge in [0.1, 0.15) is 42.3 Å². The number of hydrogen-bond donors (Lipinski definition) is 2. The Morgan fingerprint density at radius 1 is 0.718 bits per heavy atom. The molecule has 0 spiro atoms. The maximum absolute atomic E-state index is 14.0. The lowest BCUT2D eigenvalue weighted by atomic mass is 10.0. The topological polar surface area (TPSA) is 84.9 Å². The predicted octanol–water partition coefficient (Wildman–Crippen LogP) is 5.69. The molecular formula is C30H24F3NO5. The average molecular weight is 536 g/mol. The summed E-state index contributed by atoms with van der Waals surface area (Å²) >= 11 is 0. The minimum absolute atomic E-state index is 0.216. The second kappa shape index (κ2) is 12.6. The molecule has 6 nitrogen and oxygen atoms in total. The number of rotatable bonds is 11. The molecule has 0 radical (unpaired) electrons. The monoisotopic (exact) mass is 535 g/mol. The Kier molecular flexibility index (Phi) is 8.83. The van der Waals surface area contributed by atoms with E-state index >= 15 is 0 Å². The molecule has 39 heavy (non-hydrogen) atoms. The first kappa shape index (κ1) is 27.3. The van der Waals surface area contributed by atoms with E-state index in [0.29, 0.717) is 29.2 Å². The van der Waals surface area contributed by atoms with E-state index in [-0.39, 0.29) is 19.6 Å². The van der Waals surface area contributed by atoms with E-state index in [2.05, 4.69) is 5.32 Å². The van der Waals surface area contributed by atoms with E-state index in [4.69, 9.17) is 9.47 Å². The summed E-state index contributed by atoms with van der Waals surface area (Å²) in [5.74, 6) is -6.06. The van der Waals surface area contributed by atoms with Crippen LogP contribution in [0.1, 0.15) is 27.0 Å². The zero-order valence-corrected chi connectivity index (χ0v) is 20.6. The smallest absolute Gasteiger partial charge is 0.326 e. The van der Waals surface area contributed by atoms with Crippen molar-refractivity contribution < 1.29 is 37.3 Å². The van der Waals surface area contributed by atoms with Gasteiger partial charge in [-0.05, 0) is 28.8 Å². The van der Waals surface area contributed by atoms with Crippen LogP contribution >= 0.6 is 0 Å². The van der Waals surface area contributed by atoms with Gasteiger partial charge in [0.15, 0.2) is 11.5 Å². The Morgan fingerprint density at radius 2 is 1.26 bits per heavy atom. The third kappa shape index (κ3) is 7.38. The lowest BCUT2D eigenvalue weighted by Crippen LogP contribution is -2.43. The third-order valence-corrected chi connectivity index (χ3v) is 5.76. The Balaban J connectivity index is 1.54. The van der Waals surface area contributed by atoms with Crippen LogP contribution in [0.5, 0.6) is 11.5 Å². The quantitative estimate of drug-likeness (QED) is 0.258. The van der Waals surface area contributed by atoms with Gasteiger partial charge in [-0.2, -0.15) is 0 Å². The largest absolute Gasteiger partial charge is 0.485 e. The van der Waals surface area contributed by atoms with E-state index in [1.807, 2.05) is 60.7 Å². The van der Waals surface area contributed by atoms with Gasteiger partial charge < -0.3 is 19.9 Å². The zero-order chi connectivity index (χ0) is 27.8. The summed E-state index contributed by atoms with van der Waals surface area (Å²) in [5.41, 5.74) is 1.22. The van der Waals surface area contributed by atoms with Crippen molar-refractivity contribution >= 4 is 11.9 Å². The summed E-state index contributed by atoms with van der Waals surface area (Å²) in [5, 5.41) is 11.8. The number of nitrogens with one attached hydrogen (secondary N) is 1. The van der Waals surface area contributed by atoms with Crippen molar-refractivity contribution in [1.82, 2.24) is 5.32 Å². The number of ether oxygens (including phenoxy) is 2. The molecule has 0 heterocycles. The fourth-order valence-electron chi connectivity index (χ4n) is 3.81. The Bertz CT molecular complexity index is 1420. The Labute approximate surface area is 222 Å². The molecule has 0 aliphatic rings. The lowest BCUT2D eigenvalue weighted by Gasteiger charge is -2.18. The van der Waals surface area contributed by atoms with Gasteiger partial charge in [-0.15, -0.1) is 0 Å². The molecule has 0 bridgehead atoms. The second-order valence-electron chi connectivity index (χ2n) is 8.64. The van der Waals surface area contributed by atoms with Crippen molar-refractivity contribution in [3.05, 3.63) is 131 Å². The van der Waals surface area contributed by atoms with Gasteiger partial charge in [0.2, 0.25) is 0 Å². The van der Waals surface area contributed by atoms with E-state index in [9.17, 15) is 27.9 Å². The molecule has 200 valence electrons. The molecule has 9 heteroatoms. The number of hydrogen-bond acceptors (Lipinski definition) is 4. The van der Waals surface area contributed by atoms with E-state index in [1.165, 1.54) is 0 Å². The average Bonchev–Trinajstić information content (AvgIpc) is 2.91. The molecule has 0 aliphatic heterocycles. The van der Waals surface area contributed by atoms with E-state index < -0.39 is 40.9 Å². The number of benzene rings is 4. The summed E-state index contributed by atoms with van der Waals surface area (Å²) in [7, 11) is 0. The summed E-state index contributed by atoms with van der Waals surface area (Å²) in [4.78, 5) is 24.4. The number of halogens is 3. The molecule has 0 saturated carbocycles. The lowest BCUT2D eigenvalue weighted by molar-refractivity contribution is -0.139. The van der Waals surface area contributed by atoms with Crippen LogP contribution in [-0.4, -0.2) is 23.0 Å². The highest BCUT2D eigenvalue weighted by Gasteiger charge is 2.26. The fourth-order valence-corrected chi connectivity index (χ4v) is 3.81. The standard InChI is InChI=1S/C30H24F3NO5/c31-22-15-23(32)28(24(33)16-22)29(35)34-25(30(36)37)13-21-11-12-26(38-17-19-7-3-1-4-8-19)27(14-21)39-18-20-9-5-2-6-10-20/h1-12,14-16,25H,13,17-18H2,(H,34,35)(H,36,37)/t25-/m0/s1. The van der Waals surface area contributed by atoms with Gasteiger partial charge in [-0.3, -0.25) is 4.79 Å². The van der Waals surface area contributed by atoms with Crippen molar-refractivity contribution in [2.45, 2.75) is 25.7 Å². The first-order valence-electron chi connectivity index (χ1n) is 11.9. The summed E-state index contributed by atoms with van der Waals surface area (Å²) < 4.78 is 53.2. The van der Waals surface area contributed by atoms with Gasteiger partial charge in [-0.1, -0.05) is 66.7 Å². The molecule has 4 rings (SSSR count). The minimum atomic E-state index is -1.54. The Morgan fingerprint density at radius 3 is 1.79 bits per heavy atom. The van der Waals surface area contributed by atoms with Crippen molar-refractivity contribution in [1.29, 1.82) is 0 Å². The minimum Gasteiger partial charge on any atom is -0.485 e. The number of carbonyl (C=O) groups excluding carboxylic acids is 1. The number of carboxylic acids is 1. The van der Waals surface area contributed by atoms with Crippen LogP contribution in [0.3, 0.4) is 0 Å². The van der Waals surface area contributed by atoms with Gasteiger partial charge in [0, 0.05) is 18.6 Å². The van der Waals surface area contributed by atoms with Crippen LogP contribution in [0.15, 0.2) is 91.0 Å². The van der Waals surface area contributed by atoms with Crippen molar-refractivity contribution in [3.8, 4) is 11.5 Å². The van der Waals surface area contributed by atoms with E-state index in [1.54, 1.807) is 18.2 Å². The highest BCUT2D eigenvalue weighted by molar-refractivity contribution is 5.97. The molecule has 0 aliphatic carbocycles. The van der Waals surface area contributed by atoms with Gasteiger partial charge in [0.05, 0.1) is 0 Å². The maximum atomic E-state index is 14.0. The van der Waals surface area contributed by atoms with Gasteiger partial charge >= 0.3 is 5.97 Å². The first-order valence-corrected chi connectivity index (χ1v) is 11.9. The third-order valence-electron chi connectivity index (χ3n) is 5.76. The summed E-state index contributed by atoms with van der Waals surface area (Å²) in [6.07, 6.45) is -0.230. The van der Waals surface area contributed by atoms with Crippen molar-refractivity contribution in [2.24, 2.45) is 0 Å². The number of carbonyl (C=O) groups is 2. The molecule has 0 aromatic heterocycles. The second-order valence-corrected chi connectivity index (χ2v) is 8.64. The molecule has 2 N–H and O–H groups in total. The molecule has 4 aromatic carbocycles. The molecule has 0 saturated heterocycles. The number of carboxylic acid groups (broad SMARTS) is 1. The molecule has 4 aromatic rings. The summed E-state index contributed by atoms with van der Waals surface area (Å²) in [6.45, 7) is 0.485. The SMILES string of the molecule is O=C(N[C@@H](Cc1ccc(OCc2ccccc2)c(OCc2ccccc2)c1)C(=O)O)c1c(F)cc(F)cc1F. The number of aliphatic carboxylic acids is 1. The fraction of sp³-hybridized carbons (Fsp3) is 0.133. The van der Waals surface area contributed by atoms with Crippen LogP contribution in [0, 0.1) is 17.5 Å². The molecule has 0 unspecified atom stereocenters.